The van der Waals surface area contributed by atoms with Crippen molar-refractivity contribution in [1.82, 2.24) is 4.98 Å². The number of aromatic nitrogens is 1. The van der Waals surface area contributed by atoms with E-state index in [4.69, 9.17) is 10.5 Å². The van der Waals surface area contributed by atoms with E-state index in [1.165, 1.54) is 11.3 Å². The van der Waals surface area contributed by atoms with Gasteiger partial charge in [-0.25, -0.2) is 4.98 Å². The number of ether oxygens (including phenoxy) is 1. The summed E-state index contributed by atoms with van der Waals surface area (Å²) < 4.78 is 5.44. The zero-order valence-corrected chi connectivity index (χ0v) is 15.8. The fraction of sp³-hybridized carbons (Fsp3) is 0.150. The Morgan fingerprint density at radius 2 is 1.85 bits per heavy atom. The van der Waals surface area contributed by atoms with Crippen molar-refractivity contribution in [2.75, 3.05) is 11.9 Å². The van der Waals surface area contributed by atoms with E-state index in [0.29, 0.717) is 22.9 Å². The van der Waals surface area contributed by atoms with Crippen LogP contribution in [0.1, 0.15) is 32.6 Å². The summed E-state index contributed by atoms with van der Waals surface area (Å²) in [5.74, 6) is -0.131. The molecule has 27 heavy (non-hydrogen) atoms. The first-order valence-electron chi connectivity index (χ1n) is 8.40. The minimum absolute atomic E-state index is 0.264. The van der Waals surface area contributed by atoms with Crippen molar-refractivity contribution in [3.63, 3.8) is 0 Å². The van der Waals surface area contributed by atoms with E-state index in [1.54, 1.807) is 31.2 Å². The third-order valence-corrected chi connectivity index (χ3v) is 5.06. The molecule has 1 heterocycles. The van der Waals surface area contributed by atoms with Crippen molar-refractivity contribution in [2.45, 2.75) is 13.8 Å². The number of rotatable bonds is 6. The molecule has 3 rings (SSSR count). The maximum atomic E-state index is 12.7. The average molecular weight is 381 g/mol. The molecule has 2 amide bonds. The molecule has 0 saturated carbocycles. The molecule has 7 heteroatoms. The lowest BCUT2D eigenvalue weighted by Crippen LogP contribution is -2.18. The van der Waals surface area contributed by atoms with Gasteiger partial charge in [0.25, 0.3) is 11.8 Å². The second kappa shape index (κ2) is 8.01. The molecule has 0 saturated heterocycles. The van der Waals surface area contributed by atoms with Crippen molar-refractivity contribution >= 4 is 28.8 Å². The molecule has 1 aromatic heterocycles. The molecule has 3 N–H and O–H groups in total. The highest BCUT2D eigenvalue weighted by Crippen LogP contribution is 2.30. The molecule has 0 aliphatic carbocycles. The number of hydrogen-bond acceptors (Lipinski definition) is 5. The van der Waals surface area contributed by atoms with Crippen molar-refractivity contribution in [3.8, 4) is 16.3 Å². The summed E-state index contributed by atoms with van der Waals surface area (Å²) in [5, 5.41) is 3.49. The summed E-state index contributed by atoms with van der Waals surface area (Å²) in [7, 11) is 0. The maximum absolute atomic E-state index is 12.7. The average Bonchev–Trinajstić information content (AvgIpc) is 3.05. The van der Waals surface area contributed by atoms with Gasteiger partial charge in [-0.05, 0) is 50.2 Å². The molecule has 0 aliphatic rings. The van der Waals surface area contributed by atoms with Gasteiger partial charge in [-0.15, -0.1) is 11.3 Å². The number of nitrogens with one attached hydrogen (secondary N) is 1. The van der Waals surface area contributed by atoms with Crippen molar-refractivity contribution in [3.05, 3.63) is 64.7 Å². The molecular formula is C20H19N3O3S. The number of aryl methyl sites for hydroxylation is 1. The quantitative estimate of drug-likeness (QED) is 0.678. The van der Waals surface area contributed by atoms with Crippen LogP contribution in [0.5, 0.6) is 5.75 Å². The smallest absolute Gasteiger partial charge is 0.267 e. The van der Waals surface area contributed by atoms with E-state index < -0.39 is 5.91 Å². The van der Waals surface area contributed by atoms with Gasteiger partial charge < -0.3 is 15.8 Å². The Bertz CT molecular complexity index is 980. The van der Waals surface area contributed by atoms with Crippen molar-refractivity contribution in [1.29, 1.82) is 0 Å². The van der Waals surface area contributed by atoms with Crippen molar-refractivity contribution < 1.29 is 14.3 Å². The lowest BCUT2D eigenvalue weighted by molar-refractivity contribution is 0.100. The van der Waals surface area contributed by atoms with Crippen LogP contribution in [0.3, 0.4) is 0 Å². The topological polar surface area (TPSA) is 94.3 Å². The number of primary amides is 1. The molecular weight excluding hydrogens is 362 g/mol. The van der Waals surface area contributed by atoms with E-state index in [0.717, 1.165) is 16.3 Å². The molecule has 0 bridgehead atoms. The van der Waals surface area contributed by atoms with Crippen LogP contribution in [0.2, 0.25) is 0 Å². The Morgan fingerprint density at radius 3 is 2.52 bits per heavy atom. The molecule has 6 nitrogen and oxygen atoms in total. The van der Waals surface area contributed by atoms with Crippen molar-refractivity contribution in [2.24, 2.45) is 5.73 Å². The third-order valence-electron chi connectivity index (χ3n) is 3.86. The zero-order chi connectivity index (χ0) is 19.4. The number of carbonyl (C=O) groups is 2. The minimum atomic E-state index is -0.595. The number of nitrogens with two attached hydrogens (primary N) is 1. The number of hydrogen-bond donors (Lipinski definition) is 2. The van der Waals surface area contributed by atoms with Crippen LogP contribution in [0.4, 0.5) is 5.69 Å². The van der Waals surface area contributed by atoms with E-state index in [-0.39, 0.29) is 11.5 Å². The van der Waals surface area contributed by atoms with Crippen LogP contribution in [0, 0.1) is 6.92 Å². The second-order valence-electron chi connectivity index (χ2n) is 5.75. The fourth-order valence-corrected chi connectivity index (χ4v) is 3.54. The van der Waals surface area contributed by atoms with Gasteiger partial charge in [0.05, 0.1) is 23.6 Å². The Balaban J connectivity index is 1.84. The summed E-state index contributed by atoms with van der Waals surface area (Å²) in [6.45, 7) is 4.32. The second-order valence-corrected chi connectivity index (χ2v) is 6.75. The first-order chi connectivity index (χ1) is 13.0. The SMILES string of the molecule is CCOc1ccc(-c2nc(C)c(C(=O)Nc3ccccc3C(N)=O)s2)cc1. The predicted molar refractivity (Wildman–Crippen MR) is 106 cm³/mol. The molecule has 3 aromatic rings. The number of carbonyl (C=O) groups excluding carboxylic acids is 2. The van der Waals surface area contributed by atoms with Crippen LogP contribution in [0.25, 0.3) is 10.6 Å². The van der Waals surface area contributed by atoms with E-state index in [2.05, 4.69) is 10.3 Å². The number of nitrogens with zero attached hydrogens (tertiary/aromatic N) is 1. The molecule has 0 spiro atoms. The third kappa shape index (κ3) is 4.15. The van der Waals surface area contributed by atoms with Gasteiger partial charge in [-0.1, -0.05) is 12.1 Å². The van der Waals surface area contributed by atoms with Gasteiger partial charge in [0.15, 0.2) is 0 Å². The monoisotopic (exact) mass is 381 g/mol. The van der Waals surface area contributed by atoms with E-state index in [1.807, 2.05) is 31.2 Å². The first-order valence-corrected chi connectivity index (χ1v) is 9.22. The Morgan fingerprint density at radius 1 is 1.15 bits per heavy atom. The summed E-state index contributed by atoms with van der Waals surface area (Å²) in [6.07, 6.45) is 0. The highest BCUT2D eigenvalue weighted by Gasteiger charge is 2.18. The van der Waals surface area contributed by atoms with Gasteiger partial charge in [0, 0.05) is 5.56 Å². The van der Waals surface area contributed by atoms with Crippen LogP contribution < -0.4 is 15.8 Å². The van der Waals surface area contributed by atoms with Crippen LogP contribution in [-0.4, -0.2) is 23.4 Å². The standard InChI is InChI=1S/C20H19N3O3S/c1-3-26-14-10-8-13(9-11-14)20-22-12(2)17(27-20)19(25)23-16-7-5-4-6-15(16)18(21)24/h4-11H,3H2,1-2H3,(H2,21,24)(H,23,25). The Hall–Kier alpha value is -3.19. The molecule has 0 aliphatic heterocycles. The van der Waals surface area contributed by atoms with Gasteiger partial charge in [0.2, 0.25) is 0 Å². The highest BCUT2D eigenvalue weighted by molar-refractivity contribution is 7.17. The molecule has 0 unspecified atom stereocenters. The fourth-order valence-electron chi connectivity index (χ4n) is 2.58. The number of thiazole rings is 1. The normalized spacial score (nSPS) is 10.4. The van der Waals surface area contributed by atoms with Crippen LogP contribution >= 0.6 is 11.3 Å². The molecule has 0 fully saturated rings. The lowest BCUT2D eigenvalue weighted by atomic mass is 10.1. The largest absolute Gasteiger partial charge is 0.494 e. The number of para-hydroxylation sites is 1. The molecule has 0 atom stereocenters. The highest BCUT2D eigenvalue weighted by atomic mass is 32.1. The van der Waals surface area contributed by atoms with Gasteiger partial charge in [0.1, 0.15) is 15.6 Å². The zero-order valence-electron chi connectivity index (χ0n) is 15.0. The molecule has 2 aromatic carbocycles. The predicted octanol–water partition coefficient (Wildman–Crippen LogP) is 3.87. The Labute approximate surface area is 161 Å². The van der Waals surface area contributed by atoms with Crippen LogP contribution in [0.15, 0.2) is 48.5 Å². The number of anilines is 1. The lowest BCUT2D eigenvalue weighted by Gasteiger charge is -2.07. The number of amides is 2. The van der Waals surface area contributed by atoms with E-state index >= 15 is 0 Å². The molecule has 0 radical (unpaired) electrons. The van der Waals surface area contributed by atoms with Crippen LogP contribution in [-0.2, 0) is 0 Å². The summed E-state index contributed by atoms with van der Waals surface area (Å²) in [5.41, 5.74) is 7.53. The summed E-state index contributed by atoms with van der Waals surface area (Å²) in [6, 6.07) is 14.2. The van der Waals surface area contributed by atoms with Gasteiger partial charge >= 0.3 is 0 Å². The summed E-state index contributed by atoms with van der Waals surface area (Å²) in [4.78, 5) is 29.2. The van der Waals surface area contributed by atoms with E-state index in [9.17, 15) is 9.59 Å². The van der Waals surface area contributed by atoms with Gasteiger partial charge in [-0.2, -0.15) is 0 Å². The maximum Gasteiger partial charge on any atom is 0.267 e. The minimum Gasteiger partial charge on any atom is -0.494 e. The van der Waals surface area contributed by atoms with Gasteiger partial charge in [-0.3, -0.25) is 9.59 Å². The Kier molecular flexibility index (Phi) is 5.52. The number of benzene rings is 2. The first kappa shape index (κ1) is 18.6. The molecule has 138 valence electrons. The summed E-state index contributed by atoms with van der Waals surface area (Å²) >= 11 is 1.29.